The van der Waals surface area contributed by atoms with Gasteiger partial charge in [0.1, 0.15) is 17.1 Å². The maximum absolute atomic E-state index is 12.5. The highest BCUT2D eigenvalue weighted by atomic mass is 16.5. The molecule has 2 amide bonds. The third kappa shape index (κ3) is 3.16. The van der Waals surface area contributed by atoms with E-state index in [1.165, 1.54) is 12.8 Å². The quantitative estimate of drug-likeness (QED) is 0.904. The number of hydrogen-bond donors (Lipinski definition) is 2. The molecule has 1 aliphatic carbocycles. The monoisotopic (exact) mass is 315 g/mol. The number of nitrogens with zero attached hydrogens (tertiary/aromatic N) is 2. The first-order valence-electron chi connectivity index (χ1n) is 7.85. The predicted molar refractivity (Wildman–Crippen MR) is 87.4 cm³/mol. The van der Waals surface area contributed by atoms with Crippen molar-refractivity contribution in [2.45, 2.75) is 38.6 Å². The molecule has 0 saturated heterocycles. The Balaban J connectivity index is 1.81. The van der Waals surface area contributed by atoms with Gasteiger partial charge in [-0.1, -0.05) is 18.0 Å². The lowest BCUT2D eigenvalue weighted by molar-refractivity contribution is 0.205. The van der Waals surface area contributed by atoms with Crippen molar-refractivity contribution in [2.24, 2.45) is 0 Å². The van der Waals surface area contributed by atoms with E-state index in [4.69, 9.17) is 4.52 Å². The summed E-state index contributed by atoms with van der Waals surface area (Å²) in [4.78, 5) is 14.3. The second-order valence-corrected chi connectivity index (χ2v) is 6.00. The highest BCUT2D eigenvalue weighted by Crippen LogP contribution is 2.32. The standard InChI is InChI=1S/C17H21N3O3/c1-11-15(18-17(22)20(2)13-5-3-4-6-13)16(23-19-11)12-7-9-14(21)10-8-12/h7-10,13,21H,3-6H2,1-2H3,(H,18,22). The number of carbonyl (C=O) groups is 1. The fourth-order valence-electron chi connectivity index (χ4n) is 2.98. The molecule has 1 aromatic carbocycles. The van der Waals surface area contributed by atoms with Crippen LogP contribution in [-0.4, -0.2) is 34.3 Å². The molecule has 1 heterocycles. The molecule has 0 atom stereocenters. The fraction of sp³-hybridized carbons (Fsp3) is 0.412. The van der Waals surface area contributed by atoms with Gasteiger partial charge in [0.25, 0.3) is 0 Å². The van der Waals surface area contributed by atoms with Crippen LogP contribution in [-0.2, 0) is 0 Å². The molecule has 23 heavy (non-hydrogen) atoms. The molecule has 0 aliphatic heterocycles. The van der Waals surface area contributed by atoms with Crippen LogP contribution < -0.4 is 5.32 Å². The summed E-state index contributed by atoms with van der Waals surface area (Å²) in [7, 11) is 1.83. The van der Waals surface area contributed by atoms with Crippen molar-refractivity contribution >= 4 is 11.7 Å². The first-order valence-corrected chi connectivity index (χ1v) is 7.85. The summed E-state index contributed by atoms with van der Waals surface area (Å²) in [6, 6.07) is 6.75. The number of carbonyl (C=O) groups excluding carboxylic acids is 1. The van der Waals surface area contributed by atoms with E-state index in [0.717, 1.165) is 18.4 Å². The number of urea groups is 1. The van der Waals surface area contributed by atoms with Gasteiger partial charge in [0.15, 0.2) is 5.76 Å². The Labute approximate surface area is 135 Å². The predicted octanol–water partition coefficient (Wildman–Crippen LogP) is 3.76. The van der Waals surface area contributed by atoms with Gasteiger partial charge in [-0.2, -0.15) is 0 Å². The maximum Gasteiger partial charge on any atom is 0.321 e. The van der Waals surface area contributed by atoms with Gasteiger partial charge < -0.3 is 19.8 Å². The summed E-state index contributed by atoms with van der Waals surface area (Å²) in [6.45, 7) is 1.79. The average Bonchev–Trinajstić information content (AvgIpc) is 3.19. The van der Waals surface area contributed by atoms with Crippen LogP contribution in [0.25, 0.3) is 11.3 Å². The highest BCUT2D eigenvalue weighted by molar-refractivity contribution is 5.94. The Morgan fingerprint density at radius 2 is 1.96 bits per heavy atom. The maximum atomic E-state index is 12.5. The first-order chi connectivity index (χ1) is 11.1. The Morgan fingerprint density at radius 3 is 2.61 bits per heavy atom. The van der Waals surface area contributed by atoms with Crippen LogP contribution in [0.15, 0.2) is 28.8 Å². The molecule has 1 aromatic heterocycles. The van der Waals surface area contributed by atoms with E-state index in [-0.39, 0.29) is 11.8 Å². The summed E-state index contributed by atoms with van der Waals surface area (Å²) >= 11 is 0. The Hall–Kier alpha value is -2.50. The number of nitrogens with one attached hydrogen (secondary N) is 1. The SMILES string of the molecule is Cc1noc(-c2ccc(O)cc2)c1NC(=O)N(C)C1CCCC1. The second kappa shape index (κ2) is 6.32. The van der Waals surface area contributed by atoms with Crippen molar-refractivity contribution in [3.05, 3.63) is 30.0 Å². The number of aromatic hydroxyl groups is 1. The number of phenolic OH excluding ortho intramolecular Hbond substituents is 1. The number of rotatable bonds is 3. The van der Waals surface area contributed by atoms with Crippen LogP contribution in [0.5, 0.6) is 5.75 Å². The third-order valence-corrected chi connectivity index (χ3v) is 4.42. The lowest BCUT2D eigenvalue weighted by atomic mass is 10.1. The highest BCUT2D eigenvalue weighted by Gasteiger charge is 2.25. The summed E-state index contributed by atoms with van der Waals surface area (Å²) in [6.07, 6.45) is 4.45. The molecule has 0 spiro atoms. The van der Waals surface area contributed by atoms with Gasteiger partial charge >= 0.3 is 6.03 Å². The third-order valence-electron chi connectivity index (χ3n) is 4.42. The Bertz CT molecular complexity index is 688. The van der Waals surface area contributed by atoms with Crippen LogP contribution in [0.2, 0.25) is 0 Å². The van der Waals surface area contributed by atoms with E-state index in [1.54, 1.807) is 36.1 Å². The zero-order chi connectivity index (χ0) is 16.4. The van der Waals surface area contributed by atoms with Gasteiger partial charge in [0, 0.05) is 18.7 Å². The van der Waals surface area contributed by atoms with E-state index in [1.807, 2.05) is 7.05 Å². The van der Waals surface area contributed by atoms with E-state index in [0.29, 0.717) is 23.2 Å². The van der Waals surface area contributed by atoms with Crippen molar-refractivity contribution < 1.29 is 14.4 Å². The molecule has 0 unspecified atom stereocenters. The van der Waals surface area contributed by atoms with E-state index in [9.17, 15) is 9.90 Å². The number of aromatic nitrogens is 1. The Morgan fingerprint density at radius 1 is 1.30 bits per heavy atom. The van der Waals surface area contributed by atoms with Crippen molar-refractivity contribution in [3.8, 4) is 17.1 Å². The molecule has 0 radical (unpaired) electrons. The van der Waals surface area contributed by atoms with Gasteiger partial charge in [0.2, 0.25) is 0 Å². The lowest BCUT2D eigenvalue weighted by Gasteiger charge is -2.24. The van der Waals surface area contributed by atoms with Crippen LogP contribution in [0, 0.1) is 6.92 Å². The van der Waals surface area contributed by atoms with E-state index < -0.39 is 0 Å². The number of amides is 2. The van der Waals surface area contributed by atoms with Gasteiger partial charge in [0.05, 0.1) is 0 Å². The van der Waals surface area contributed by atoms with E-state index >= 15 is 0 Å². The second-order valence-electron chi connectivity index (χ2n) is 6.00. The van der Waals surface area contributed by atoms with Gasteiger partial charge in [-0.05, 0) is 44.0 Å². The molecular weight excluding hydrogens is 294 g/mol. The largest absolute Gasteiger partial charge is 0.508 e. The molecule has 122 valence electrons. The molecule has 6 nitrogen and oxygen atoms in total. The molecule has 2 N–H and O–H groups in total. The number of benzene rings is 1. The van der Waals surface area contributed by atoms with Crippen LogP contribution in [0.3, 0.4) is 0 Å². The number of hydrogen-bond acceptors (Lipinski definition) is 4. The van der Waals surface area contributed by atoms with Crippen molar-refractivity contribution in [3.63, 3.8) is 0 Å². The zero-order valence-electron chi connectivity index (χ0n) is 13.4. The minimum absolute atomic E-state index is 0.150. The molecule has 2 aromatic rings. The van der Waals surface area contributed by atoms with Gasteiger partial charge in [-0.25, -0.2) is 4.79 Å². The zero-order valence-corrected chi connectivity index (χ0v) is 13.4. The summed E-state index contributed by atoms with van der Waals surface area (Å²) < 4.78 is 5.36. The van der Waals surface area contributed by atoms with E-state index in [2.05, 4.69) is 10.5 Å². The van der Waals surface area contributed by atoms with Gasteiger partial charge in [-0.3, -0.25) is 0 Å². The molecule has 3 rings (SSSR count). The minimum Gasteiger partial charge on any atom is -0.508 e. The molecule has 1 fully saturated rings. The summed E-state index contributed by atoms with van der Waals surface area (Å²) in [5.41, 5.74) is 1.95. The topological polar surface area (TPSA) is 78.6 Å². The normalized spacial score (nSPS) is 14.9. The van der Waals surface area contributed by atoms with Crippen molar-refractivity contribution in [2.75, 3.05) is 12.4 Å². The Kier molecular flexibility index (Phi) is 4.23. The van der Waals surface area contributed by atoms with Crippen molar-refractivity contribution in [1.29, 1.82) is 0 Å². The van der Waals surface area contributed by atoms with Crippen molar-refractivity contribution in [1.82, 2.24) is 10.1 Å². The summed E-state index contributed by atoms with van der Waals surface area (Å²) in [5.74, 6) is 0.673. The number of anilines is 1. The molecule has 1 saturated carbocycles. The molecule has 1 aliphatic rings. The average molecular weight is 315 g/mol. The van der Waals surface area contributed by atoms with Crippen LogP contribution in [0.1, 0.15) is 31.4 Å². The fourth-order valence-corrected chi connectivity index (χ4v) is 2.98. The number of aryl methyl sites for hydroxylation is 1. The number of phenols is 1. The summed E-state index contributed by atoms with van der Waals surface area (Å²) in [5, 5.41) is 16.3. The molecule has 0 bridgehead atoms. The van der Waals surface area contributed by atoms with Crippen LogP contribution >= 0.6 is 0 Å². The smallest absolute Gasteiger partial charge is 0.321 e. The molecule has 6 heteroatoms. The first kappa shape index (κ1) is 15.4. The lowest BCUT2D eigenvalue weighted by Crippen LogP contribution is -2.38. The molecular formula is C17H21N3O3. The van der Waals surface area contributed by atoms with Crippen LogP contribution in [0.4, 0.5) is 10.5 Å². The minimum atomic E-state index is -0.150. The van der Waals surface area contributed by atoms with Gasteiger partial charge in [-0.15, -0.1) is 0 Å².